The van der Waals surface area contributed by atoms with Crippen LogP contribution in [-0.4, -0.2) is 18.6 Å². The molecular weight excluding hydrogens is 253 g/mol. The number of pyridine rings is 1. The molecule has 0 aliphatic rings. The number of nitrogens with zero attached hydrogens (tertiary/aromatic N) is 2. The number of para-hydroxylation sites is 1. The van der Waals surface area contributed by atoms with Crippen LogP contribution in [0.3, 0.4) is 0 Å². The molecule has 0 saturated heterocycles. The minimum Gasteiger partial charge on any atom is -0.327 e. The van der Waals surface area contributed by atoms with Crippen molar-refractivity contribution in [2.75, 3.05) is 18.5 Å². The summed E-state index contributed by atoms with van der Waals surface area (Å²) in [5, 5.41) is 3.35. The Morgan fingerprint density at radius 2 is 2.00 bits per heavy atom. The normalized spacial score (nSPS) is 10.6. The fraction of sp³-hybridized carbons (Fsp3) is 0.312. The summed E-state index contributed by atoms with van der Waals surface area (Å²) in [6.45, 7) is 3.82. The van der Waals surface area contributed by atoms with Gasteiger partial charge in [-0.15, -0.1) is 0 Å². The number of halogens is 1. The number of rotatable bonds is 6. The highest BCUT2D eigenvalue weighted by Crippen LogP contribution is 2.26. The van der Waals surface area contributed by atoms with Crippen molar-refractivity contribution in [3.8, 4) is 0 Å². The summed E-state index contributed by atoms with van der Waals surface area (Å²) in [5.41, 5.74) is 1.59. The van der Waals surface area contributed by atoms with Crippen molar-refractivity contribution in [2.24, 2.45) is 0 Å². The summed E-state index contributed by atoms with van der Waals surface area (Å²) in [6, 6.07) is 10.7. The van der Waals surface area contributed by atoms with E-state index in [4.69, 9.17) is 0 Å². The molecular formula is C16H20FN3. The van der Waals surface area contributed by atoms with Gasteiger partial charge in [-0.3, -0.25) is 0 Å². The molecule has 0 unspecified atom stereocenters. The lowest BCUT2D eigenvalue weighted by molar-refractivity contribution is 0.626. The molecule has 2 rings (SSSR count). The van der Waals surface area contributed by atoms with Gasteiger partial charge in [-0.05, 0) is 31.2 Å². The molecule has 0 aliphatic heterocycles. The smallest absolute Gasteiger partial charge is 0.146 e. The van der Waals surface area contributed by atoms with Gasteiger partial charge in [-0.1, -0.05) is 25.1 Å². The van der Waals surface area contributed by atoms with E-state index in [1.54, 1.807) is 23.2 Å². The number of hydrogen-bond acceptors (Lipinski definition) is 3. The lowest BCUT2D eigenvalue weighted by Crippen LogP contribution is -2.19. The minimum atomic E-state index is -0.242. The van der Waals surface area contributed by atoms with Gasteiger partial charge in [-0.2, -0.15) is 0 Å². The van der Waals surface area contributed by atoms with Gasteiger partial charge in [0.15, 0.2) is 0 Å². The first-order valence-corrected chi connectivity index (χ1v) is 6.87. The molecule has 3 nitrogen and oxygen atoms in total. The molecule has 1 aromatic heterocycles. The maximum Gasteiger partial charge on any atom is 0.146 e. The van der Waals surface area contributed by atoms with Crippen LogP contribution >= 0.6 is 0 Å². The van der Waals surface area contributed by atoms with Gasteiger partial charge in [0.1, 0.15) is 11.6 Å². The van der Waals surface area contributed by atoms with Gasteiger partial charge < -0.3 is 10.2 Å². The van der Waals surface area contributed by atoms with Crippen LogP contribution in [0, 0.1) is 5.82 Å². The number of hydrogen-bond donors (Lipinski definition) is 1. The summed E-state index contributed by atoms with van der Waals surface area (Å²) in [7, 11) is 1.84. The average Bonchev–Trinajstić information content (AvgIpc) is 2.48. The van der Waals surface area contributed by atoms with Crippen molar-refractivity contribution in [1.29, 1.82) is 0 Å². The highest BCUT2D eigenvalue weighted by atomic mass is 19.1. The van der Waals surface area contributed by atoms with Crippen molar-refractivity contribution < 1.29 is 4.39 Å². The number of benzene rings is 1. The van der Waals surface area contributed by atoms with E-state index in [2.05, 4.69) is 17.2 Å². The van der Waals surface area contributed by atoms with E-state index in [9.17, 15) is 4.39 Å². The Bertz CT molecular complexity index is 557. The molecule has 0 amide bonds. The van der Waals surface area contributed by atoms with Crippen molar-refractivity contribution in [3.05, 3.63) is 54.0 Å². The zero-order valence-corrected chi connectivity index (χ0v) is 11.9. The van der Waals surface area contributed by atoms with Crippen LogP contribution < -0.4 is 10.2 Å². The fourth-order valence-corrected chi connectivity index (χ4v) is 2.11. The van der Waals surface area contributed by atoms with E-state index in [0.717, 1.165) is 30.9 Å². The second kappa shape index (κ2) is 7.01. The third kappa shape index (κ3) is 3.33. The first-order valence-electron chi connectivity index (χ1n) is 6.87. The summed E-state index contributed by atoms with van der Waals surface area (Å²) in [4.78, 5) is 6.18. The highest BCUT2D eigenvalue weighted by molar-refractivity contribution is 5.62. The number of anilines is 2. The predicted octanol–water partition coefficient (Wildman–Crippen LogP) is 3.49. The molecule has 0 bridgehead atoms. The van der Waals surface area contributed by atoms with Crippen molar-refractivity contribution in [2.45, 2.75) is 19.9 Å². The quantitative estimate of drug-likeness (QED) is 0.817. The van der Waals surface area contributed by atoms with Crippen molar-refractivity contribution >= 4 is 11.5 Å². The van der Waals surface area contributed by atoms with Gasteiger partial charge in [0.25, 0.3) is 0 Å². The monoisotopic (exact) mass is 273 g/mol. The Labute approximate surface area is 119 Å². The minimum absolute atomic E-state index is 0.242. The zero-order valence-electron chi connectivity index (χ0n) is 11.9. The van der Waals surface area contributed by atoms with Crippen LogP contribution in [-0.2, 0) is 6.54 Å². The fourth-order valence-electron chi connectivity index (χ4n) is 2.11. The lowest BCUT2D eigenvalue weighted by atomic mass is 10.2. The van der Waals surface area contributed by atoms with E-state index in [1.165, 1.54) is 6.07 Å². The van der Waals surface area contributed by atoms with Gasteiger partial charge in [0.05, 0.1) is 5.69 Å². The molecule has 0 aliphatic carbocycles. The van der Waals surface area contributed by atoms with Gasteiger partial charge in [0, 0.05) is 25.4 Å². The highest BCUT2D eigenvalue weighted by Gasteiger charge is 2.13. The molecule has 0 saturated carbocycles. The van der Waals surface area contributed by atoms with Gasteiger partial charge in [0.2, 0.25) is 0 Å². The predicted molar refractivity (Wildman–Crippen MR) is 80.7 cm³/mol. The SMILES string of the molecule is CCCNCc1cccnc1N(C)c1ccccc1F. The zero-order chi connectivity index (χ0) is 14.4. The summed E-state index contributed by atoms with van der Waals surface area (Å²) in [5.74, 6) is 0.536. The molecule has 2 aromatic rings. The third-order valence-electron chi connectivity index (χ3n) is 3.14. The van der Waals surface area contributed by atoms with Crippen molar-refractivity contribution in [1.82, 2.24) is 10.3 Å². The molecule has 4 heteroatoms. The molecule has 20 heavy (non-hydrogen) atoms. The Morgan fingerprint density at radius 3 is 2.75 bits per heavy atom. The lowest BCUT2D eigenvalue weighted by Gasteiger charge is -2.21. The molecule has 0 radical (unpaired) electrons. The maximum atomic E-state index is 13.9. The average molecular weight is 273 g/mol. The molecule has 1 N–H and O–H groups in total. The van der Waals surface area contributed by atoms with Gasteiger partial charge >= 0.3 is 0 Å². The number of nitrogens with one attached hydrogen (secondary N) is 1. The van der Waals surface area contributed by atoms with Crippen LogP contribution in [0.15, 0.2) is 42.6 Å². The Kier molecular flexibility index (Phi) is 5.07. The van der Waals surface area contributed by atoms with Crippen LogP contribution in [0.4, 0.5) is 15.9 Å². The first kappa shape index (κ1) is 14.5. The molecule has 106 valence electrons. The van der Waals surface area contributed by atoms with Crippen LogP contribution in [0.5, 0.6) is 0 Å². The third-order valence-corrected chi connectivity index (χ3v) is 3.14. The van der Waals surface area contributed by atoms with Crippen LogP contribution in [0.1, 0.15) is 18.9 Å². The Hall–Kier alpha value is -1.94. The van der Waals surface area contributed by atoms with E-state index >= 15 is 0 Å². The number of aromatic nitrogens is 1. The summed E-state index contributed by atoms with van der Waals surface area (Å²) >= 11 is 0. The standard InChI is InChI=1S/C16H20FN3/c1-3-10-18-12-13-7-6-11-19-16(13)20(2)15-9-5-4-8-14(15)17/h4-9,11,18H,3,10,12H2,1-2H3. The molecule has 0 fully saturated rings. The molecule has 0 spiro atoms. The first-order chi connectivity index (χ1) is 9.74. The molecule has 1 aromatic carbocycles. The molecule has 0 atom stereocenters. The summed E-state index contributed by atoms with van der Waals surface area (Å²) in [6.07, 6.45) is 2.81. The van der Waals surface area contributed by atoms with E-state index in [1.807, 2.05) is 25.2 Å². The van der Waals surface area contributed by atoms with Gasteiger partial charge in [-0.25, -0.2) is 9.37 Å². The largest absolute Gasteiger partial charge is 0.327 e. The molecule has 1 heterocycles. The van der Waals surface area contributed by atoms with Crippen LogP contribution in [0.2, 0.25) is 0 Å². The van der Waals surface area contributed by atoms with E-state index < -0.39 is 0 Å². The van der Waals surface area contributed by atoms with Crippen LogP contribution in [0.25, 0.3) is 0 Å². The Morgan fingerprint density at radius 1 is 1.20 bits per heavy atom. The second-order valence-corrected chi connectivity index (χ2v) is 4.67. The van der Waals surface area contributed by atoms with E-state index in [0.29, 0.717) is 5.69 Å². The summed E-state index contributed by atoms with van der Waals surface area (Å²) < 4.78 is 13.9. The van der Waals surface area contributed by atoms with Crippen molar-refractivity contribution in [3.63, 3.8) is 0 Å². The maximum absolute atomic E-state index is 13.9. The van der Waals surface area contributed by atoms with E-state index in [-0.39, 0.29) is 5.82 Å². The second-order valence-electron chi connectivity index (χ2n) is 4.67. The Balaban J connectivity index is 2.25. The topological polar surface area (TPSA) is 28.2 Å².